The van der Waals surface area contributed by atoms with Gasteiger partial charge in [-0.15, -0.1) is 0 Å². The first-order valence-electron chi connectivity index (χ1n) is 9.22. The van der Waals surface area contributed by atoms with Gasteiger partial charge in [-0.2, -0.15) is 0 Å². The van der Waals surface area contributed by atoms with Crippen LogP contribution in [-0.4, -0.2) is 19.3 Å². The molecule has 0 saturated heterocycles. The molecule has 3 rings (SSSR count). The summed E-state index contributed by atoms with van der Waals surface area (Å²) in [6, 6.07) is 10.2. The maximum atomic E-state index is 13.9. The highest BCUT2D eigenvalue weighted by atomic mass is 32.2. The van der Waals surface area contributed by atoms with E-state index in [4.69, 9.17) is 0 Å². The van der Waals surface area contributed by atoms with Gasteiger partial charge >= 0.3 is 0 Å². The van der Waals surface area contributed by atoms with Gasteiger partial charge in [-0.05, 0) is 74.2 Å². The molecule has 0 aliphatic carbocycles. The lowest BCUT2D eigenvalue weighted by Gasteiger charge is -2.18. The molecular formula is C22H22FN3O3S. The SMILES string of the molecule is Cc1cc(C)c(C)c(S(=O)(=O)Nc2cc(F)ccc2NC(=O)c2ccccn2)c1C. The molecule has 0 aliphatic heterocycles. The lowest BCUT2D eigenvalue weighted by Crippen LogP contribution is -2.20. The number of hydrogen-bond acceptors (Lipinski definition) is 4. The number of hydrogen-bond donors (Lipinski definition) is 2. The van der Waals surface area contributed by atoms with E-state index in [0.717, 1.165) is 23.3 Å². The molecule has 0 aliphatic rings. The predicted molar refractivity (Wildman–Crippen MR) is 115 cm³/mol. The van der Waals surface area contributed by atoms with Gasteiger partial charge < -0.3 is 5.32 Å². The zero-order valence-corrected chi connectivity index (χ0v) is 17.9. The largest absolute Gasteiger partial charge is 0.319 e. The summed E-state index contributed by atoms with van der Waals surface area (Å²) in [6.07, 6.45) is 1.47. The standard InChI is InChI=1S/C22H22FN3O3S/c1-13-11-14(2)16(4)21(15(13)3)30(28,29)26-20-12-17(23)8-9-18(20)25-22(27)19-7-5-6-10-24-19/h5-12,26H,1-4H3,(H,25,27). The molecule has 3 aromatic rings. The Balaban J connectivity index is 2.01. The van der Waals surface area contributed by atoms with E-state index in [-0.39, 0.29) is 22.0 Å². The van der Waals surface area contributed by atoms with Gasteiger partial charge in [-0.1, -0.05) is 12.1 Å². The van der Waals surface area contributed by atoms with Crippen molar-refractivity contribution < 1.29 is 17.6 Å². The number of nitrogens with zero attached hydrogens (tertiary/aromatic N) is 1. The number of halogens is 1. The summed E-state index contributed by atoms with van der Waals surface area (Å²) in [7, 11) is -4.04. The van der Waals surface area contributed by atoms with Crippen LogP contribution in [0.2, 0.25) is 0 Å². The average molecular weight is 428 g/mol. The maximum Gasteiger partial charge on any atom is 0.274 e. The van der Waals surface area contributed by atoms with Crippen molar-refractivity contribution in [3.63, 3.8) is 0 Å². The Kier molecular flexibility index (Phi) is 5.89. The minimum Gasteiger partial charge on any atom is -0.319 e. The van der Waals surface area contributed by atoms with E-state index in [2.05, 4.69) is 15.0 Å². The Morgan fingerprint density at radius 3 is 2.20 bits per heavy atom. The molecule has 1 heterocycles. The molecule has 156 valence electrons. The molecule has 2 N–H and O–H groups in total. The number of carbonyl (C=O) groups excluding carboxylic acids is 1. The van der Waals surface area contributed by atoms with Gasteiger partial charge in [0.05, 0.1) is 16.3 Å². The molecule has 0 spiro atoms. The van der Waals surface area contributed by atoms with Crippen molar-refractivity contribution in [3.8, 4) is 0 Å². The smallest absolute Gasteiger partial charge is 0.274 e. The number of nitrogens with one attached hydrogen (secondary N) is 2. The molecule has 6 nitrogen and oxygen atoms in total. The van der Waals surface area contributed by atoms with Crippen LogP contribution in [0.3, 0.4) is 0 Å². The van der Waals surface area contributed by atoms with Crippen LogP contribution in [0, 0.1) is 33.5 Å². The number of aromatic nitrogens is 1. The van der Waals surface area contributed by atoms with Crippen LogP contribution in [0.25, 0.3) is 0 Å². The second kappa shape index (κ2) is 8.23. The Bertz CT molecular complexity index is 1200. The number of aryl methyl sites for hydroxylation is 2. The lowest BCUT2D eigenvalue weighted by atomic mass is 10.0. The van der Waals surface area contributed by atoms with Crippen LogP contribution in [-0.2, 0) is 10.0 Å². The molecule has 0 fully saturated rings. The molecule has 0 bridgehead atoms. The van der Waals surface area contributed by atoms with E-state index in [1.165, 1.54) is 18.3 Å². The quantitative estimate of drug-likeness (QED) is 0.627. The first-order valence-corrected chi connectivity index (χ1v) is 10.7. The summed E-state index contributed by atoms with van der Waals surface area (Å²) in [5.74, 6) is -1.18. The van der Waals surface area contributed by atoms with Gasteiger partial charge in [0.15, 0.2) is 0 Å². The van der Waals surface area contributed by atoms with Gasteiger partial charge in [-0.25, -0.2) is 12.8 Å². The molecule has 8 heteroatoms. The van der Waals surface area contributed by atoms with Crippen LogP contribution in [0.5, 0.6) is 0 Å². The molecule has 0 unspecified atom stereocenters. The number of sulfonamides is 1. The normalized spacial score (nSPS) is 11.2. The molecule has 0 radical (unpaired) electrons. The van der Waals surface area contributed by atoms with Crippen molar-refractivity contribution in [1.29, 1.82) is 0 Å². The first kappa shape index (κ1) is 21.4. The fourth-order valence-electron chi connectivity index (χ4n) is 3.17. The second-order valence-electron chi connectivity index (χ2n) is 7.05. The summed E-state index contributed by atoms with van der Waals surface area (Å²) in [5.41, 5.74) is 3.09. The van der Waals surface area contributed by atoms with E-state index in [1.54, 1.807) is 26.0 Å². The van der Waals surface area contributed by atoms with Crippen LogP contribution in [0.4, 0.5) is 15.8 Å². The van der Waals surface area contributed by atoms with Crippen molar-refractivity contribution in [2.24, 2.45) is 0 Å². The number of anilines is 2. The molecule has 0 atom stereocenters. The summed E-state index contributed by atoms with van der Waals surface area (Å²) in [5, 5.41) is 2.59. The van der Waals surface area contributed by atoms with Crippen LogP contribution in [0.1, 0.15) is 32.7 Å². The Morgan fingerprint density at radius 2 is 1.60 bits per heavy atom. The summed E-state index contributed by atoms with van der Waals surface area (Å²) in [4.78, 5) is 16.5. The predicted octanol–water partition coefficient (Wildman–Crippen LogP) is 4.51. The van der Waals surface area contributed by atoms with Crippen LogP contribution < -0.4 is 10.0 Å². The van der Waals surface area contributed by atoms with Crippen molar-refractivity contribution in [1.82, 2.24) is 4.98 Å². The van der Waals surface area contributed by atoms with Gasteiger partial charge in [0, 0.05) is 12.3 Å². The molecule has 1 aromatic heterocycles. The maximum absolute atomic E-state index is 13.9. The number of pyridine rings is 1. The number of carbonyl (C=O) groups is 1. The zero-order valence-electron chi connectivity index (χ0n) is 17.1. The van der Waals surface area contributed by atoms with Crippen molar-refractivity contribution in [3.05, 3.63) is 82.4 Å². The summed E-state index contributed by atoms with van der Waals surface area (Å²) in [6.45, 7) is 7.13. The molecule has 0 saturated carbocycles. The van der Waals surface area contributed by atoms with E-state index in [9.17, 15) is 17.6 Å². The third kappa shape index (κ3) is 4.33. The second-order valence-corrected chi connectivity index (χ2v) is 8.67. The summed E-state index contributed by atoms with van der Waals surface area (Å²) < 4.78 is 42.8. The topological polar surface area (TPSA) is 88.2 Å². The third-order valence-corrected chi connectivity index (χ3v) is 6.58. The number of benzene rings is 2. The zero-order chi connectivity index (χ0) is 22.1. The highest BCUT2D eigenvalue weighted by Crippen LogP contribution is 2.31. The molecule has 1 amide bonds. The fourth-order valence-corrected chi connectivity index (χ4v) is 4.86. The monoisotopic (exact) mass is 427 g/mol. The minimum atomic E-state index is -4.04. The van der Waals surface area contributed by atoms with Crippen molar-refractivity contribution >= 4 is 27.3 Å². The van der Waals surface area contributed by atoms with Gasteiger partial charge in [0.1, 0.15) is 11.5 Å². The van der Waals surface area contributed by atoms with E-state index < -0.39 is 21.7 Å². The van der Waals surface area contributed by atoms with Gasteiger partial charge in [-0.3, -0.25) is 14.5 Å². The summed E-state index contributed by atoms with van der Waals surface area (Å²) >= 11 is 0. The number of amides is 1. The highest BCUT2D eigenvalue weighted by molar-refractivity contribution is 7.92. The molecule has 30 heavy (non-hydrogen) atoms. The third-order valence-electron chi connectivity index (χ3n) is 4.94. The minimum absolute atomic E-state index is 0.0720. The van der Waals surface area contributed by atoms with E-state index in [1.807, 2.05) is 19.9 Å². The van der Waals surface area contributed by atoms with Crippen LogP contribution >= 0.6 is 0 Å². The Hall–Kier alpha value is -3.26. The van der Waals surface area contributed by atoms with Gasteiger partial charge in [0.2, 0.25) is 0 Å². The van der Waals surface area contributed by atoms with Crippen LogP contribution in [0.15, 0.2) is 53.6 Å². The van der Waals surface area contributed by atoms with Crippen molar-refractivity contribution in [2.75, 3.05) is 10.0 Å². The highest BCUT2D eigenvalue weighted by Gasteiger charge is 2.24. The first-order chi connectivity index (χ1) is 14.1. The average Bonchev–Trinajstić information content (AvgIpc) is 2.69. The van der Waals surface area contributed by atoms with Gasteiger partial charge in [0.25, 0.3) is 15.9 Å². The lowest BCUT2D eigenvalue weighted by molar-refractivity contribution is 0.102. The fraction of sp³-hybridized carbons (Fsp3) is 0.182. The van der Waals surface area contributed by atoms with E-state index >= 15 is 0 Å². The Morgan fingerprint density at radius 1 is 0.933 bits per heavy atom. The molecular weight excluding hydrogens is 405 g/mol. The number of rotatable bonds is 5. The Labute approximate surface area is 175 Å². The van der Waals surface area contributed by atoms with E-state index in [0.29, 0.717) is 11.1 Å². The van der Waals surface area contributed by atoms with Crippen molar-refractivity contribution in [2.45, 2.75) is 32.6 Å². The molecule has 2 aromatic carbocycles.